The van der Waals surface area contributed by atoms with Crippen LogP contribution in [0.4, 0.5) is 5.69 Å². The first-order valence-corrected chi connectivity index (χ1v) is 12.8. The fraction of sp³-hybridized carbons (Fsp3) is 0.500. The molecular weight excluding hydrogens is 474 g/mol. The molecule has 2 aromatic carbocycles. The van der Waals surface area contributed by atoms with Crippen LogP contribution < -0.4 is 24.4 Å². The maximum atomic E-state index is 13.5. The topological polar surface area (TPSA) is 89.6 Å². The van der Waals surface area contributed by atoms with Crippen LogP contribution in [0.5, 0.6) is 17.2 Å². The number of morpholine rings is 1. The van der Waals surface area contributed by atoms with E-state index in [1.54, 1.807) is 26.2 Å². The number of nitrogens with one attached hydrogen (secondary N) is 1. The number of hydrogen-bond donors (Lipinski definition) is 1. The van der Waals surface area contributed by atoms with E-state index in [-0.39, 0.29) is 11.8 Å². The van der Waals surface area contributed by atoms with Crippen LogP contribution >= 0.6 is 0 Å². The number of anilines is 1. The van der Waals surface area contributed by atoms with Crippen LogP contribution in [0.25, 0.3) is 0 Å². The highest BCUT2D eigenvalue weighted by Gasteiger charge is 2.41. The summed E-state index contributed by atoms with van der Waals surface area (Å²) >= 11 is 0. The molecule has 0 spiro atoms. The summed E-state index contributed by atoms with van der Waals surface area (Å²) in [5, 5.41) is 3.14. The minimum absolute atomic E-state index is 0.0266. The average Bonchev–Trinajstić information content (AvgIpc) is 2.95. The summed E-state index contributed by atoms with van der Waals surface area (Å²) < 4.78 is 21.7. The quantitative estimate of drug-likeness (QED) is 0.491. The maximum absolute atomic E-state index is 13.5. The van der Waals surface area contributed by atoms with Crippen molar-refractivity contribution in [3.8, 4) is 17.2 Å². The predicted molar refractivity (Wildman–Crippen MR) is 140 cm³/mol. The van der Waals surface area contributed by atoms with Gasteiger partial charge >= 0.3 is 0 Å². The molecule has 0 aromatic heterocycles. The van der Waals surface area contributed by atoms with Gasteiger partial charge in [0.2, 0.25) is 11.8 Å². The van der Waals surface area contributed by atoms with Crippen molar-refractivity contribution in [2.45, 2.75) is 25.3 Å². The third-order valence-corrected chi connectivity index (χ3v) is 7.09. The van der Waals surface area contributed by atoms with Gasteiger partial charge in [-0.05, 0) is 61.3 Å². The highest BCUT2D eigenvalue weighted by atomic mass is 16.5. The maximum Gasteiger partial charge on any atom is 0.227 e. The third kappa shape index (κ3) is 6.34. The Labute approximate surface area is 218 Å². The van der Waals surface area contributed by atoms with Gasteiger partial charge in [-0.3, -0.25) is 14.5 Å². The molecule has 2 fully saturated rings. The van der Waals surface area contributed by atoms with Crippen LogP contribution in [-0.2, 0) is 14.3 Å². The molecule has 2 saturated heterocycles. The van der Waals surface area contributed by atoms with E-state index >= 15 is 0 Å². The van der Waals surface area contributed by atoms with Gasteiger partial charge in [-0.1, -0.05) is 6.07 Å². The van der Waals surface area contributed by atoms with E-state index in [0.29, 0.717) is 36.6 Å². The van der Waals surface area contributed by atoms with Crippen LogP contribution in [0, 0.1) is 5.92 Å². The first-order chi connectivity index (χ1) is 18.0. The monoisotopic (exact) mass is 511 g/mol. The molecule has 2 unspecified atom stereocenters. The van der Waals surface area contributed by atoms with Gasteiger partial charge in [-0.15, -0.1) is 0 Å². The Bertz CT molecular complexity index is 1050. The summed E-state index contributed by atoms with van der Waals surface area (Å²) in [6.45, 7) is 4.88. The van der Waals surface area contributed by atoms with Crippen LogP contribution in [-0.4, -0.2) is 77.4 Å². The van der Waals surface area contributed by atoms with Gasteiger partial charge in [-0.2, -0.15) is 0 Å². The van der Waals surface area contributed by atoms with E-state index in [2.05, 4.69) is 10.2 Å². The minimum atomic E-state index is -0.492. The van der Waals surface area contributed by atoms with Gasteiger partial charge in [0.15, 0.2) is 11.5 Å². The molecule has 2 aliphatic rings. The lowest BCUT2D eigenvalue weighted by Gasteiger charge is -2.41. The fourth-order valence-electron chi connectivity index (χ4n) is 5.10. The highest BCUT2D eigenvalue weighted by Crippen LogP contribution is 2.42. The number of hydrogen-bond acceptors (Lipinski definition) is 7. The zero-order chi connectivity index (χ0) is 26.2. The normalized spacial score (nSPS) is 20.4. The van der Waals surface area contributed by atoms with Gasteiger partial charge in [0.25, 0.3) is 0 Å². The predicted octanol–water partition coefficient (Wildman–Crippen LogP) is 3.04. The smallest absolute Gasteiger partial charge is 0.227 e. The highest BCUT2D eigenvalue weighted by molar-refractivity contribution is 5.97. The summed E-state index contributed by atoms with van der Waals surface area (Å²) in [5.41, 5.74) is 1.53. The van der Waals surface area contributed by atoms with E-state index < -0.39 is 12.0 Å². The SMILES string of the molecule is COc1ccc(N2C(=O)CCC(C(=O)NCCCN3CCOCC3)C2c2ccc(OC)c(OC)c2)cc1. The molecule has 9 heteroatoms. The molecule has 0 aliphatic carbocycles. The average molecular weight is 512 g/mol. The third-order valence-electron chi connectivity index (χ3n) is 7.09. The van der Waals surface area contributed by atoms with Crippen molar-refractivity contribution in [3.63, 3.8) is 0 Å². The molecule has 0 radical (unpaired) electrons. The number of carbonyl (C=O) groups is 2. The fourth-order valence-corrected chi connectivity index (χ4v) is 5.10. The first-order valence-electron chi connectivity index (χ1n) is 12.8. The summed E-state index contributed by atoms with van der Waals surface area (Å²) in [6, 6.07) is 12.4. The molecule has 2 aromatic rings. The Morgan fingerprint density at radius 3 is 2.41 bits per heavy atom. The minimum Gasteiger partial charge on any atom is -0.497 e. The molecule has 4 rings (SSSR count). The van der Waals surface area contributed by atoms with Gasteiger partial charge in [-0.25, -0.2) is 0 Å². The zero-order valence-electron chi connectivity index (χ0n) is 21.9. The van der Waals surface area contributed by atoms with Crippen LogP contribution in [0.3, 0.4) is 0 Å². The number of amides is 2. The molecule has 0 saturated carbocycles. The van der Waals surface area contributed by atoms with Crippen molar-refractivity contribution >= 4 is 17.5 Å². The Balaban J connectivity index is 1.58. The molecule has 2 atom stereocenters. The van der Waals surface area contributed by atoms with E-state index in [0.717, 1.165) is 50.5 Å². The van der Waals surface area contributed by atoms with E-state index in [4.69, 9.17) is 18.9 Å². The molecule has 9 nitrogen and oxygen atoms in total. The Morgan fingerprint density at radius 2 is 1.73 bits per heavy atom. The Hall–Kier alpha value is -3.30. The second-order valence-corrected chi connectivity index (χ2v) is 9.26. The number of nitrogens with zero attached hydrogens (tertiary/aromatic N) is 2. The summed E-state index contributed by atoms with van der Waals surface area (Å²) in [6.07, 6.45) is 1.63. The zero-order valence-corrected chi connectivity index (χ0v) is 21.9. The van der Waals surface area contributed by atoms with Gasteiger partial charge < -0.3 is 29.2 Å². The summed E-state index contributed by atoms with van der Waals surface area (Å²) in [5.74, 6) is 1.35. The van der Waals surface area contributed by atoms with Gasteiger partial charge in [0, 0.05) is 31.7 Å². The molecule has 200 valence electrons. The number of methoxy groups -OCH3 is 3. The number of carbonyl (C=O) groups excluding carboxylic acids is 2. The molecule has 2 amide bonds. The van der Waals surface area contributed by atoms with E-state index in [1.165, 1.54) is 0 Å². The van der Waals surface area contributed by atoms with Gasteiger partial charge in [0.1, 0.15) is 5.75 Å². The molecular formula is C28H37N3O6. The number of piperidine rings is 1. The second-order valence-electron chi connectivity index (χ2n) is 9.26. The summed E-state index contributed by atoms with van der Waals surface area (Å²) in [7, 11) is 4.76. The molecule has 1 N–H and O–H groups in total. The van der Waals surface area contributed by atoms with Crippen molar-refractivity contribution in [2.24, 2.45) is 5.92 Å². The lowest BCUT2D eigenvalue weighted by Crippen LogP contribution is -2.48. The van der Waals surface area contributed by atoms with Crippen molar-refractivity contribution in [3.05, 3.63) is 48.0 Å². The molecule has 0 bridgehead atoms. The van der Waals surface area contributed by atoms with Crippen molar-refractivity contribution < 1.29 is 28.5 Å². The van der Waals surface area contributed by atoms with E-state index in [9.17, 15) is 9.59 Å². The number of benzene rings is 2. The van der Waals surface area contributed by atoms with Gasteiger partial charge in [0.05, 0.1) is 46.5 Å². The second kappa shape index (κ2) is 12.8. The van der Waals surface area contributed by atoms with E-state index in [1.807, 2.05) is 42.5 Å². The molecule has 37 heavy (non-hydrogen) atoms. The first kappa shape index (κ1) is 26.8. The Kier molecular flexibility index (Phi) is 9.24. The summed E-state index contributed by atoms with van der Waals surface area (Å²) in [4.78, 5) is 30.9. The number of rotatable bonds is 10. The van der Waals surface area contributed by atoms with Crippen LogP contribution in [0.15, 0.2) is 42.5 Å². The van der Waals surface area contributed by atoms with Crippen LogP contribution in [0.1, 0.15) is 30.9 Å². The van der Waals surface area contributed by atoms with Crippen molar-refractivity contribution in [1.82, 2.24) is 10.2 Å². The number of ether oxygens (including phenoxy) is 4. The van der Waals surface area contributed by atoms with Crippen molar-refractivity contribution in [2.75, 3.05) is 65.6 Å². The Morgan fingerprint density at radius 1 is 1.00 bits per heavy atom. The molecule has 2 heterocycles. The van der Waals surface area contributed by atoms with Crippen molar-refractivity contribution in [1.29, 1.82) is 0 Å². The molecule has 2 aliphatic heterocycles. The standard InChI is InChI=1S/C28H37N3O6/c1-34-22-8-6-21(7-9-22)31-26(32)12-10-23(27(31)20-5-11-24(35-2)25(19-20)36-3)28(33)29-13-4-14-30-15-17-37-18-16-30/h5-9,11,19,23,27H,4,10,12-18H2,1-3H3,(H,29,33). The lowest BCUT2D eigenvalue weighted by molar-refractivity contribution is -0.129. The lowest BCUT2D eigenvalue weighted by atomic mass is 9.83. The largest absolute Gasteiger partial charge is 0.497 e. The van der Waals surface area contributed by atoms with Crippen LogP contribution in [0.2, 0.25) is 0 Å².